The van der Waals surface area contributed by atoms with Crippen molar-refractivity contribution in [1.82, 2.24) is 4.98 Å². The van der Waals surface area contributed by atoms with Gasteiger partial charge in [0.05, 0.1) is 14.2 Å². The van der Waals surface area contributed by atoms with Crippen LogP contribution in [0.4, 0.5) is 0 Å². The molecule has 140 valence electrons. The number of methoxy groups -OCH3 is 2. The number of aromatic nitrogens is 1. The summed E-state index contributed by atoms with van der Waals surface area (Å²) in [5.41, 5.74) is 4.27. The molecule has 0 fully saturated rings. The number of sulfonamides is 1. The number of aryl methyl sites for hydroxylation is 1. The van der Waals surface area contributed by atoms with Crippen molar-refractivity contribution in [2.24, 2.45) is 5.14 Å². The molecule has 2 N–H and O–H groups in total. The van der Waals surface area contributed by atoms with E-state index in [0.29, 0.717) is 16.9 Å². The SMILES string of the molecule is COc1cc(-c2cncc(-c3cccc(C)c3)c2)c(OC)c(S(N)(=O)=O)c1. The maximum atomic E-state index is 12.0. The van der Waals surface area contributed by atoms with E-state index in [1.807, 2.05) is 31.2 Å². The molecule has 0 spiro atoms. The van der Waals surface area contributed by atoms with E-state index in [0.717, 1.165) is 16.7 Å². The summed E-state index contributed by atoms with van der Waals surface area (Å²) in [5, 5.41) is 5.36. The number of hydrogen-bond donors (Lipinski definition) is 1. The van der Waals surface area contributed by atoms with Gasteiger partial charge in [-0.15, -0.1) is 0 Å². The Hall–Kier alpha value is -2.90. The first kappa shape index (κ1) is 18.9. The molecule has 1 aromatic heterocycles. The lowest BCUT2D eigenvalue weighted by Crippen LogP contribution is -2.14. The van der Waals surface area contributed by atoms with Crippen LogP contribution >= 0.6 is 0 Å². The maximum Gasteiger partial charge on any atom is 0.241 e. The molecule has 0 saturated carbocycles. The molecular formula is C20H20N2O4S. The Bertz CT molecular complexity index is 1090. The largest absolute Gasteiger partial charge is 0.497 e. The van der Waals surface area contributed by atoms with Gasteiger partial charge >= 0.3 is 0 Å². The van der Waals surface area contributed by atoms with Crippen LogP contribution in [-0.4, -0.2) is 27.6 Å². The second kappa shape index (κ2) is 7.38. The summed E-state index contributed by atoms with van der Waals surface area (Å²) in [6.45, 7) is 2.02. The molecule has 0 bridgehead atoms. The van der Waals surface area contributed by atoms with Gasteiger partial charge in [0.1, 0.15) is 16.4 Å². The fourth-order valence-corrected chi connectivity index (χ4v) is 3.63. The molecule has 3 rings (SSSR count). The summed E-state index contributed by atoms with van der Waals surface area (Å²) in [6, 6.07) is 13.0. The van der Waals surface area contributed by atoms with Gasteiger partial charge in [-0.1, -0.05) is 29.8 Å². The monoisotopic (exact) mass is 384 g/mol. The van der Waals surface area contributed by atoms with Crippen LogP contribution in [0.3, 0.4) is 0 Å². The van der Waals surface area contributed by atoms with Gasteiger partial charge in [0, 0.05) is 35.2 Å². The van der Waals surface area contributed by atoms with E-state index >= 15 is 0 Å². The first-order chi connectivity index (χ1) is 12.8. The minimum Gasteiger partial charge on any atom is -0.497 e. The molecule has 0 aliphatic heterocycles. The zero-order valence-electron chi connectivity index (χ0n) is 15.3. The van der Waals surface area contributed by atoms with Crippen LogP contribution in [0.25, 0.3) is 22.3 Å². The topological polar surface area (TPSA) is 91.5 Å². The zero-order valence-corrected chi connectivity index (χ0v) is 16.1. The van der Waals surface area contributed by atoms with Gasteiger partial charge < -0.3 is 9.47 Å². The van der Waals surface area contributed by atoms with Crippen molar-refractivity contribution in [3.05, 3.63) is 60.4 Å². The summed E-state index contributed by atoms with van der Waals surface area (Å²) >= 11 is 0. The van der Waals surface area contributed by atoms with E-state index in [4.69, 9.17) is 14.6 Å². The number of primary sulfonamides is 1. The van der Waals surface area contributed by atoms with Crippen molar-refractivity contribution >= 4 is 10.0 Å². The van der Waals surface area contributed by atoms with Crippen LogP contribution in [0, 0.1) is 6.92 Å². The fraction of sp³-hybridized carbons (Fsp3) is 0.150. The van der Waals surface area contributed by atoms with Crippen molar-refractivity contribution in [2.75, 3.05) is 14.2 Å². The third kappa shape index (κ3) is 3.94. The standard InChI is InChI=1S/C20H20N2O4S/c1-13-5-4-6-14(7-13)15-8-16(12-22-11-15)18-9-17(25-2)10-19(20(18)26-3)27(21,23)24/h4-12H,1-3H3,(H2,21,23,24). The Labute approximate surface area is 158 Å². The van der Waals surface area contributed by atoms with Crippen LogP contribution in [0.1, 0.15) is 5.56 Å². The summed E-state index contributed by atoms with van der Waals surface area (Å²) < 4.78 is 34.7. The van der Waals surface area contributed by atoms with Crippen molar-refractivity contribution in [3.63, 3.8) is 0 Å². The van der Waals surface area contributed by atoms with Crippen LogP contribution in [0.15, 0.2) is 59.8 Å². The predicted molar refractivity (Wildman–Crippen MR) is 104 cm³/mol. The van der Waals surface area contributed by atoms with Gasteiger partial charge in [0.15, 0.2) is 0 Å². The summed E-state index contributed by atoms with van der Waals surface area (Å²) in [7, 11) is -1.14. The Morgan fingerprint density at radius 2 is 1.67 bits per heavy atom. The highest BCUT2D eigenvalue weighted by Crippen LogP contribution is 2.39. The number of pyridine rings is 1. The lowest BCUT2D eigenvalue weighted by atomic mass is 10.00. The van der Waals surface area contributed by atoms with Gasteiger partial charge in [-0.25, -0.2) is 13.6 Å². The van der Waals surface area contributed by atoms with Crippen LogP contribution in [0.2, 0.25) is 0 Å². The van der Waals surface area contributed by atoms with Gasteiger partial charge in [-0.3, -0.25) is 4.98 Å². The van der Waals surface area contributed by atoms with Crippen LogP contribution in [-0.2, 0) is 10.0 Å². The maximum absolute atomic E-state index is 12.0. The molecule has 0 atom stereocenters. The number of benzene rings is 2. The number of ether oxygens (including phenoxy) is 2. The normalized spacial score (nSPS) is 11.3. The molecule has 0 unspecified atom stereocenters. The molecular weight excluding hydrogens is 364 g/mol. The quantitative estimate of drug-likeness (QED) is 0.728. The fourth-order valence-electron chi connectivity index (χ4n) is 2.90. The average Bonchev–Trinajstić information content (AvgIpc) is 2.66. The van der Waals surface area contributed by atoms with Gasteiger partial charge in [0.25, 0.3) is 0 Å². The molecule has 0 amide bonds. The van der Waals surface area contributed by atoms with Gasteiger partial charge in [-0.05, 0) is 24.6 Å². The van der Waals surface area contributed by atoms with E-state index in [-0.39, 0.29) is 10.6 Å². The van der Waals surface area contributed by atoms with Gasteiger partial charge in [-0.2, -0.15) is 0 Å². The van der Waals surface area contributed by atoms with E-state index < -0.39 is 10.0 Å². The highest BCUT2D eigenvalue weighted by Gasteiger charge is 2.22. The molecule has 1 heterocycles. The molecule has 27 heavy (non-hydrogen) atoms. The molecule has 7 heteroatoms. The molecule has 0 aliphatic carbocycles. The minimum absolute atomic E-state index is 0.139. The van der Waals surface area contributed by atoms with E-state index in [1.165, 1.54) is 20.3 Å². The highest BCUT2D eigenvalue weighted by atomic mass is 32.2. The van der Waals surface area contributed by atoms with E-state index in [2.05, 4.69) is 11.1 Å². The Balaban J connectivity index is 2.23. The number of rotatable bonds is 5. The second-order valence-corrected chi connectivity index (χ2v) is 7.61. The van der Waals surface area contributed by atoms with Crippen LogP contribution < -0.4 is 14.6 Å². The smallest absolute Gasteiger partial charge is 0.241 e. The molecule has 2 aromatic carbocycles. The van der Waals surface area contributed by atoms with Crippen molar-refractivity contribution in [2.45, 2.75) is 11.8 Å². The number of nitrogens with zero attached hydrogens (tertiary/aromatic N) is 1. The zero-order chi connectivity index (χ0) is 19.6. The van der Waals surface area contributed by atoms with E-state index in [1.54, 1.807) is 18.5 Å². The van der Waals surface area contributed by atoms with E-state index in [9.17, 15) is 8.42 Å². The third-order valence-corrected chi connectivity index (χ3v) is 5.09. The van der Waals surface area contributed by atoms with Crippen molar-refractivity contribution < 1.29 is 17.9 Å². The lowest BCUT2D eigenvalue weighted by molar-refractivity contribution is 0.394. The molecule has 0 radical (unpaired) electrons. The lowest BCUT2D eigenvalue weighted by Gasteiger charge is -2.15. The van der Waals surface area contributed by atoms with Crippen molar-refractivity contribution in [3.8, 4) is 33.8 Å². The molecule has 6 nitrogen and oxygen atoms in total. The molecule has 0 aliphatic rings. The molecule has 3 aromatic rings. The number of nitrogens with two attached hydrogens (primary N) is 1. The Morgan fingerprint density at radius 1 is 0.926 bits per heavy atom. The minimum atomic E-state index is -4.00. The predicted octanol–water partition coefficient (Wildman–Crippen LogP) is 3.39. The summed E-state index contributed by atoms with van der Waals surface area (Å²) in [6.07, 6.45) is 3.40. The Morgan fingerprint density at radius 3 is 2.30 bits per heavy atom. The summed E-state index contributed by atoms with van der Waals surface area (Å²) in [4.78, 5) is 4.17. The van der Waals surface area contributed by atoms with Gasteiger partial charge in [0.2, 0.25) is 10.0 Å². The third-order valence-electron chi connectivity index (χ3n) is 4.18. The first-order valence-electron chi connectivity index (χ1n) is 8.15. The average molecular weight is 384 g/mol. The highest BCUT2D eigenvalue weighted by molar-refractivity contribution is 7.89. The molecule has 0 saturated heterocycles. The first-order valence-corrected chi connectivity index (χ1v) is 9.69. The number of hydrogen-bond acceptors (Lipinski definition) is 5. The van der Waals surface area contributed by atoms with Crippen molar-refractivity contribution in [1.29, 1.82) is 0 Å². The second-order valence-electron chi connectivity index (χ2n) is 6.08. The Kier molecular flexibility index (Phi) is 5.16. The van der Waals surface area contributed by atoms with Crippen LogP contribution in [0.5, 0.6) is 11.5 Å². The summed E-state index contributed by atoms with van der Waals surface area (Å²) in [5.74, 6) is 0.511.